The number of Topliss-reactive ketones (excluding diaryl/α,β-unsaturated/α-hetero) is 2. The number of nitrogens with zero attached hydrogens (tertiary/aromatic N) is 2. The number of unbranched alkanes of at least 4 members (excludes halogenated alkanes) is 2. The van der Waals surface area contributed by atoms with Crippen LogP contribution < -0.4 is 11.1 Å². The third-order valence-corrected chi connectivity index (χ3v) is 10.6. The average Bonchev–Trinajstić information content (AvgIpc) is 3.54. The van der Waals surface area contributed by atoms with E-state index in [1.807, 2.05) is 33.0 Å². The third-order valence-electron chi connectivity index (χ3n) is 10.6. The Bertz CT molecular complexity index is 1790. The van der Waals surface area contributed by atoms with Crippen LogP contribution in [-0.4, -0.2) is 117 Å². The summed E-state index contributed by atoms with van der Waals surface area (Å²) in [5.41, 5.74) is 6.97. The highest BCUT2D eigenvalue weighted by Crippen LogP contribution is 2.29. The van der Waals surface area contributed by atoms with E-state index in [-0.39, 0.29) is 48.1 Å². The number of rotatable bonds is 24. The molecule has 9 unspecified atom stereocenters. The van der Waals surface area contributed by atoms with Gasteiger partial charge in [0.1, 0.15) is 24.4 Å². The first-order chi connectivity index (χ1) is 29.8. The van der Waals surface area contributed by atoms with Crippen molar-refractivity contribution in [2.24, 2.45) is 28.5 Å². The molecule has 1 saturated heterocycles. The molecule has 1 saturated carbocycles. The number of allylic oxidation sites excluding steroid dienone is 13. The fourth-order valence-electron chi connectivity index (χ4n) is 6.84. The predicted octanol–water partition coefficient (Wildman–Crippen LogP) is 4.95. The van der Waals surface area contributed by atoms with Crippen LogP contribution in [0.15, 0.2) is 101 Å². The predicted molar refractivity (Wildman–Crippen MR) is 243 cm³/mol. The van der Waals surface area contributed by atoms with E-state index in [2.05, 4.69) is 54.5 Å². The molecule has 0 radical (unpaired) electrons. The lowest BCUT2D eigenvalue weighted by atomic mass is 9.92. The Morgan fingerprint density at radius 3 is 2.11 bits per heavy atom. The van der Waals surface area contributed by atoms with Gasteiger partial charge in [-0.15, -0.1) is 0 Å². The van der Waals surface area contributed by atoms with E-state index in [0.717, 1.165) is 44.1 Å². The summed E-state index contributed by atoms with van der Waals surface area (Å²) in [7, 11) is 1.81. The minimum Gasteiger partial charge on any atom is -0.479 e. The standard InChI is InChI=1S/C48H70N4O11/c1-31(22-16-13-14-21-29-52(7)48(49)50-36(6)53)23-17-15-18-24-32(2)30-35(5)43(62-47-42(58)40(56)41(57)44(63-47)46(60)61)33(3)25-19-11-9-8-10-12-20-26-34(4)45(59)51-39-37(54)27-28-38(39)55/h8-13,16-17,19-20,23,25-26,30-33,39-44,47,56-58H,14-15,18,21-22,24,27-29H2,1-7H3,(H,51,59)(H,60,61)(H2,49,50,53). The molecule has 2 aliphatic rings. The molecular formula is C48H70N4O11. The first-order valence-electron chi connectivity index (χ1n) is 21.7. The number of carboxylic acid groups (broad SMARTS) is 1. The summed E-state index contributed by atoms with van der Waals surface area (Å²) in [6.07, 6.45) is 23.1. The Kier molecular flexibility index (Phi) is 24.5. The number of aliphatic carboxylic acids is 1. The molecule has 2 amide bonds. The topological polar surface area (TPSA) is 238 Å². The van der Waals surface area contributed by atoms with Gasteiger partial charge >= 0.3 is 5.97 Å². The van der Waals surface area contributed by atoms with Crippen molar-refractivity contribution in [3.63, 3.8) is 0 Å². The molecule has 2 fully saturated rings. The maximum absolute atomic E-state index is 12.3. The van der Waals surface area contributed by atoms with Gasteiger partial charge in [0.05, 0.1) is 6.10 Å². The van der Waals surface area contributed by atoms with Gasteiger partial charge in [-0.1, -0.05) is 106 Å². The third kappa shape index (κ3) is 19.9. The van der Waals surface area contributed by atoms with Crippen LogP contribution in [0.4, 0.5) is 0 Å². The highest BCUT2D eigenvalue weighted by molar-refractivity contribution is 6.15. The van der Waals surface area contributed by atoms with Gasteiger partial charge in [0, 0.05) is 44.8 Å². The monoisotopic (exact) mass is 879 g/mol. The summed E-state index contributed by atoms with van der Waals surface area (Å²) >= 11 is 0. The molecule has 7 N–H and O–H groups in total. The molecule has 15 heteroatoms. The zero-order valence-electron chi connectivity index (χ0n) is 37.8. The zero-order chi connectivity index (χ0) is 47.1. The van der Waals surface area contributed by atoms with Gasteiger partial charge < -0.3 is 45.9 Å². The normalized spacial score (nSPS) is 24.2. The minimum absolute atomic E-state index is 0.149. The van der Waals surface area contributed by atoms with Crippen LogP contribution in [0.1, 0.15) is 92.9 Å². The van der Waals surface area contributed by atoms with Crippen LogP contribution >= 0.6 is 0 Å². The quantitative estimate of drug-likeness (QED) is 0.0143. The Morgan fingerprint density at radius 2 is 1.48 bits per heavy atom. The maximum Gasteiger partial charge on any atom is 0.335 e. The summed E-state index contributed by atoms with van der Waals surface area (Å²) in [6.45, 7) is 11.7. The summed E-state index contributed by atoms with van der Waals surface area (Å²) in [6, 6.07) is -1.06. The molecule has 1 aliphatic carbocycles. The minimum atomic E-state index is -1.84. The second-order valence-electron chi connectivity index (χ2n) is 16.4. The first-order valence-corrected chi connectivity index (χ1v) is 21.7. The van der Waals surface area contributed by atoms with Gasteiger partial charge in [0.15, 0.2) is 29.9 Å². The Labute approximate surface area is 372 Å². The molecule has 2 rings (SSSR count). The van der Waals surface area contributed by atoms with E-state index in [0.29, 0.717) is 18.0 Å². The summed E-state index contributed by atoms with van der Waals surface area (Å²) in [5, 5.41) is 43.4. The van der Waals surface area contributed by atoms with Crippen molar-refractivity contribution < 1.29 is 53.9 Å². The van der Waals surface area contributed by atoms with Gasteiger partial charge in [0.25, 0.3) is 0 Å². The van der Waals surface area contributed by atoms with Gasteiger partial charge in [-0.2, -0.15) is 4.99 Å². The van der Waals surface area contributed by atoms with Crippen LogP contribution in [0.3, 0.4) is 0 Å². The van der Waals surface area contributed by atoms with Crippen molar-refractivity contribution in [2.75, 3.05) is 13.6 Å². The first kappa shape index (κ1) is 54.1. The number of carbonyl (C=O) groups is 5. The second-order valence-corrected chi connectivity index (χ2v) is 16.4. The molecule has 1 aliphatic heterocycles. The van der Waals surface area contributed by atoms with Gasteiger partial charge in [-0.3, -0.25) is 19.2 Å². The molecule has 0 aromatic heterocycles. The summed E-state index contributed by atoms with van der Waals surface area (Å²) < 4.78 is 11.7. The molecule has 0 aromatic rings. The van der Waals surface area contributed by atoms with Crippen molar-refractivity contribution in [3.05, 3.63) is 96.2 Å². The lowest BCUT2D eigenvalue weighted by Gasteiger charge is -2.40. The molecule has 9 atom stereocenters. The smallest absolute Gasteiger partial charge is 0.335 e. The number of hydrogen-bond donors (Lipinski definition) is 6. The van der Waals surface area contributed by atoms with E-state index >= 15 is 0 Å². The van der Waals surface area contributed by atoms with Crippen molar-refractivity contribution >= 4 is 35.3 Å². The number of guanidine groups is 1. The lowest BCUT2D eigenvalue weighted by Crippen LogP contribution is -2.61. The van der Waals surface area contributed by atoms with Crippen LogP contribution in [-0.2, 0) is 33.4 Å². The van der Waals surface area contributed by atoms with Crippen LogP contribution in [0.2, 0.25) is 0 Å². The van der Waals surface area contributed by atoms with Crippen LogP contribution in [0.5, 0.6) is 0 Å². The van der Waals surface area contributed by atoms with E-state index in [9.17, 15) is 44.4 Å². The molecule has 0 bridgehead atoms. The molecule has 63 heavy (non-hydrogen) atoms. The Morgan fingerprint density at radius 1 is 0.857 bits per heavy atom. The lowest BCUT2D eigenvalue weighted by molar-refractivity contribution is -0.303. The van der Waals surface area contributed by atoms with E-state index in [1.165, 1.54) is 6.92 Å². The molecule has 0 aromatic carbocycles. The van der Waals surface area contributed by atoms with Crippen LogP contribution in [0.25, 0.3) is 0 Å². The summed E-state index contributed by atoms with van der Waals surface area (Å²) in [4.78, 5) is 64.3. The van der Waals surface area contributed by atoms with Gasteiger partial charge in [-0.25, -0.2) is 4.79 Å². The van der Waals surface area contributed by atoms with Crippen molar-refractivity contribution in [2.45, 2.75) is 136 Å². The highest BCUT2D eigenvalue weighted by Gasteiger charge is 2.48. The Hall–Kier alpha value is -5.06. The number of nitrogens with two attached hydrogens (primary N) is 1. The van der Waals surface area contributed by atoms with E-state index < -0.39 is 54.7 Å². The van der Waals surface area contributed by atoms with Gasteiger partial charge in [0.2, 0.25) is 11.8 Å². The molecule has 0 spiro atoms. The number of carboxylic acids is 1. The van der Waals surface area contributed by atoms with Crippen LogP contribution in [0, 0.1) is 17.8 Å². The average molecular weight is 879 g/mol. The number of aliphatic hydroxyl groups is 3. The van der Waals surface area contributed by atoms with Crippen molar-refractivity contribution in [3.8, 4) is 0 Å². The number of carbonyl (C=O) groups excluding carboxylic acids is 4. The number of amides is 2. The molecule has 15 nitrogen and oxygen atoms in total. The summed E-state index contributed by atoms with van der Waals surface area (Å²) in [5.74, 6) is -2.37. The Balaban J connectivity index is 1.98. The number of ether oxygens (including phenoxy) is 2. The maximum atomic E-state index is 12.3. The number of nitrogens with one attached hydrogen (secondary N) is 1. The van der Waals surface area contributed by atoms with E-state index in [1.54, 1.807) is 54.4 Å². The fraction of sp³-hybridized carbons (Fsp3) is 0.542. The van der Waals surface area contributed by atoms with Gasteiger partial charge in [-0.05, 0) is 69.8 Å². The number of aliphatic imine (C=N–C) groups is 1. The van der Waals surface area contributed by atoms with Crippen molar-refractivity contribution in [1.29, 1.82) is 0 Å². The van der Waals surface area contributed by atoms with E-state index in [4.69, 9.17) is 15.2 Å². The largest absolute Gasteiger partial charge is 0.479 e. The van der Waals surface area contributed by atoms with Crippen molar-refractivity contribution in [1.82, 2.24) is 10.2 Å². The number of hydrogen-bond acceptors (Lipinski definition) is 10. The molecule has 1 heterocycles. The second kappa shape index (κ2) is 28.6. The fourth-order valence-corrected chi connectivity index (χ4v) is 6.84. The SMILES string of the molecule is CC(=O)N=C(N)N(C)CCCC=CCC(C)C=CCCCC(C)C=C(C)C(OC1OC(C(=O)O)C(O)C(O)C1O)C(C)C=CC=CC=CC=CC=C(C)C(=O)NC1C(=O)CCC1=O. The number of ketones is 2. The molecule has 348 valence electrons. The highest BCUT2D eigenvalue weighted by atomic mass is 16.7. The molecular weight excluding hydrogens is 809 g/mol. The zero-order valence-corrected chi connectivity index (χ0v) is 37.8. The number of aliphatic hydroxyl groups excluding tert-OH is 3.